The van der Waals surface area contributed by atoms with Crippen LogP contribution in [0.25, 0.3) is 11.2 Å². The maximum Gasteiger partial charge on any atom is 0.225 e. The summed E-state index contributed by atoms with van der Waals surface area (Å²) in [6.07, 6.45) is 7.30. The van der Waals surface area contributed by atoms with Crippen molar-refractivity contribution in [2.24, 2.45) is 11.7 Å². The summed E-state index contributed by atoms with van der Waals surface area (Å²) in [6, 6.07) is 2.85. The fraction of sp³-hybridized carbons (Fsp3) is 0.500. The number of hydrogen-bond donors (Lipinski definition) is 3. The van der Waals surface area contributed by atoms with Crippen LogP contribution in [0.3, 0.4) is 0 Å². The van der Waals surface area contributed by atoms with Gasteiger partial charge in [0.1, 0.15) is 11.3 Å². The third kappa shape index (κ3) is 5.50. The number of rotatable bonds is 7. The lowest BCUT2D eigenvalue weighted by Crippen LogP contribution is -2.30. The third-order valence-electron chi connectivity index (χ3n) is 6.84. The van der Waals surface area contributed by atoms with Crippen molar-refractivity contribution in [2.45, 2.75) is 57.0 Å². The molecule has 1 aliphatic heterocycles. The van der Waals surface area contributed by atoms with E-state index in [4.69, 9.17) is 38.7 Å². The van der Waals surface area contributed by atoms with E-state index in [0.717, 1.165) is 45.1 Å². The zero-order valence-electron chi connectivity index (χ0n) is 19.6. The fourth-order valence-electron chi connectivity index (χ4n) is 5.10. The molecule has 1 aromatic carbocycles. The molecule has 1 aliphatic carbocycles. The van der Waals surface area contributed by atoms with Gasteiger partial charge in [-0.15, -0.1) is 0 Å². The van der Waals surface area contributed by atoms with Gasteiger partial charge in [0.25, 0.3) is 0 Å². The topological polar surface area (TPSA) is 120 Å². The first-order valence-electron chi connectivity index (χ1n) is 12.2. The van der Waals surface area contributed by atoms with E-state index in [-0.39, 0.29) is 39.6 Å². The van der Waals surface area contributed by atoms with Crippen LogP contribution in [0, 0.1) is 11.7 Å². The normalized spacial score (nSPS) is 22.5. The van der Waals surface area contributed by atoms with Gasteiger partial charge in [0.05, 0.1) is 29.6 Å². The number of halogens is 3. The number of fused-ring (bicyclic) bond motifs is 1. The molecule has 3 aromatic rings. The lowest BCUT2D eigenvalue weighted by Gasteiger charge is -2.30. The van der Waals surface area contributed by atoms with Crippen molar-refractivity contribution in [1.29, 1.82) is 0 Å². The molecule has 1 amide bonds. The number of primary amides is 1. The molecule has 0 bridgehead atoms. The molecular weight excluding hydrogens is 508 g/mol. The summed E-state index contributed by atoms with van der Waals surface area (Å²) in [4.78, 5) is 25.3. The van der Waals surface area contributed by atoms with Gasteiger partial charge in [0, 0.05) is 24.1 Å². The van der Waals surface area contributed by atoms with Gasteiger partial charge in [-0.25, -0.2) is 14.4 Å². The Morgan fingerprint density at radius 3 is 2.69 bits per heavy atom. The van der Waals surface area contributed by atoms with Crippen LogP contribution in [0.15, 0.2) is 18.3 Å². The Labute approximate surface area is 217 Å². The summed E-state index contributed by atoms with van der Waals surface area (Å²) in [6.45, 7) is 1.37. The van der Waals surface area contributed by atoms with Crippen LogP contribution >= 0.6 is 23.2 Å². The maximum atomic E-state index is 14.8. The summed E-state index contributed by atoms with van der Waals surface area (Å²) in [5.74, 6) is 0.299. The molecule has 0 unspecified atom stereocenters. The summed E-state index contributed by atoms with van der Waals surface area (Å²) < 4.78 is 22.3. The van der Waals surface area contributed by atoms with E-state index in [1.807, 2.05) is 4.57 Å². The zero-order valence-corrected chi connectivity index (χ0v) is 21.2. The predicted octanol–water partition coefficient (Wildman–Crippen LogP) is 5.21. The number of hydrogen-bond acceptors (Lipinski definition) is 7. The standard InChI is InChI=1S/C24H28Cl2FN7O2/c25-14-9-17(26)21(18(27)10-14)32-24-31-19-11-29-23(30-15-2-1-7-36-12-15)33-22(19)34(24)16-5-3-13(4-6-16)8-20(28)35/h9-11,13,15-16H,1-8,12H2,(H2,28,35)(H,31,32)(H,29,30,33)/t13-,15-,16+/m0/s1. The number of anilines is 3. The Morgan fingerprint density at radius 1 is 1.19 bits per heavy atom. The van der Waals surface area contributed by atoms with Crippen LogP contribution in [0.1, 0.15) is 51.0 Å². The SMILES string of the molecule is NC(=O)C[C@H]1CC[C@@H](n2c(Nc3c(F)cc(Cl)cc3Cl)nc3cnc(N[C@H]4CCCOC4)nc32)CC1. The highest BCUT2D eigenvalue weighted by Gasteiger charge is 2.28. The molecule has 3 heterocycles. The fourth-order valence-corrected chi connectivity index (χ4v) is 5.61. The minimum Gasteiger partial charge on any atom is -0.379 e. The van der Waals surface area contributed by atoms with Gasteiger partial charge >= 0.3 is 0 Å². The number of aromatic nitrogens is 4. The summed E-state index contributed by atoms with van der Waals surface area (Å²) in [7, 11) is 0. The van der Waals surface area contributed by atoms with Crippen LogP contribution in [0.2, 0.25) is 10.0 Å². The molecule has 9 nitrogen and oxygen atoms in total. The van der Waals surface area contributed by atoms with Crippen molar-refractivity contribution >= 4 is 57.9 Å². The Kier molecular flexibility index (Phi) is 7.45. The van der Waals surface area contributed by atoms with Gasteiger partial charge < -0.3 is 21.1 Å². The van der Waals surface area contributed by atoms with Crippen LogP contribution in [-0.2, 0) is 9.53 Å². The van der Waals surface area contributed by atoms with E-state index in [0.29, 0.717) is 36.1 Å². The molecule has 1 saturated carbocycles. The lowest BCUT2D eigenvalue weighted by atomic mass is 9.84. The molecule has 2 aliphatic rings. The van der Waals surface area contributed by atoms with E-state index in [2.05, 4.69) is 20.6 Å². The molecule has 5 rings (SSSR count). The summed E-state index contributed by atoms with van der Waals surface area (Å²) in [5, 5.41) is 6.78. The maximum absolute atomic E-state index is 14.8. The largest absolute Gasteiger partial charge is 0.379 e. The summed E-state index contributed by atoms with van der Waals surface area (Å²) >= 11 is 12.3. The average molecular weight is 536 g/mol. The van der Waals surface area contributed by atoms with Crippen LogP contribution in [0.4, 0.5) is 22.0 Å². The number of nitrogens with one attached hydrogen (secondary N) is 2. The van der Waals surface area contributed by atoms with Crippen LogP contribution < -0.4 is 16.4 Å². The Balaban J connectivity index is 1.50. The number of carbonyl (C=O) groups excluding carboxylic acids is 1. The molecular formula is C24H28Cl2FN7O2. The molecule has 4 N–H and O–H groups in total. The molecule has 12 heteroatoms. The highest BCUT2D eigenvalue weighted by Crippen LogP contribution is 2.39. The summed E-state index contributed by atoms with van der Waals surface area (Å²) in [5.41, 5.74) is 6.71. The highest BCUT2D eigenvalue weighted by atomic mass is 35.5. The van der Waals surface area contributed by atoms with Crippen molar-refractivity contribution in [3.63, 3.8) is 0 Å². The van der Waals surface area contributed by atoms with E-state index in [1.165, 1.54) is 12.1 Å². The molecule has 2 aromatic heterocycles. The monoisotopic (exact) mass is 535 g/mol. The molecule has 1 atom stereocenters. The number of nitrogens with zero attached hydrogens (tertiary/aromatic N) is 4. The Morgan fingerprint density at radius 2 is 2.00 bits per heavy atom. The first-order valence-corrected chi connectivity index (χ1v) is 12.9. The average Bonchev–Trinajstić information content (AvgIpc) is 3.19. The second-order valence-corrected chi connectivity index (χ2v) is 10.3. The van der Waals surface area contributed by atoms with E-state index in [9.17, 15) is 9.18 Å². The Bertz CT molecular complexity index is 1230. The van der Waals surface area contributed by atoms with Gasteiger partial charge in [-0.2, -0.15) is 4.98 Å². The van der Waals surface area contributed by atoms with Crippen molar-refractivity contribution in [2.75, 3.05) is 23.8 Å². The van der Waals surface area contributed by atoms with Crippen molar-refractivity contribution in [3.8, 4) is 0 Å². The minimum absolute atomic E-state index is 0.0385. The number of carbonyl (C=O) groups is 1. The van der Waals surface area contributed by atoms with Crippen LogP contribution in [0.5, 0.6) is 0 Å². The number of imidazole rings is 1. The van der Waals surface area contributed by atoms with Gasteiger partial charge in [0.15, 0.2) is 5.65 Å². The van der Waals surface area contributed by atoms with E-state index < -0.39 is 5.82 Å². The second-order valence-electron chi connectivity index (χ2n) is 9.48. The van der Waals surface area contributed by atoms with Crippen molar-refractivity contribution in [1.82, 2.24) is 19.5 Å². The molecule has 2 fully saturated rings. The first-order chi connectivity index (χ1) is 17.4. The zero-order chi connectivity index (χ0) is 25.2. The Hall–Kier alpha value is -2.69. The number of nitrogens with two attached hydrogens (primary N) is 1. The number of ether oxygens (including phenoxy) is 1. The van der Waals surface area contributed by atoms with Crippen LogP contribution in [-0.4, -0.2) is 44.7 Å². The van der Waals surface area contributed by atoms with Crippen molar-refractivity contribution in [3.05, 3.63) is 34.2 Å². The predicted molar refractivity (Wildman–Crippen MR) is 137 cm³/mol. The molecule has 1 saturated heterocycles. The van der Waals surface area contributed by atoms with E-state index >= 15 is 0 Å². The highest BCUT2D eigenvalue weighted by molar-refractivity contribution is 6.36. The lowest BCUT2D eigenvalue weighted by molar-refractivity contribution is -0.119. The molecule has 0 spiro atoms. The first kappa shape index (κ1) is 25.0. The van der Waals surface area contributed by atoms with Crippen molar-refractivity contribution < 1.29 is 13.9 Å². The second kappa shape index (κ2) is 10.7. The smallest absolute Gasteiger partial charge is 0.225 e. The van der Waals surface area contributed by atoms with Gasteiger partial charge in [-0.05, 0) is 56.6 Å². The number of amides is 1. The minimum atomic E-state index is -0.581. The molecule has 0 radical (unpaired) electrons. The van der Waals surface area contributed by atoms with E-state index in [1.54, 1.807) is 6.20 Å². The molecule has 36 heavy (non-hydrogen) atoms. The van der Waals surface area contributed by atoms with Gasteiger partial charge in [0.2, 0.25) is 17.8 Å². The van der Waals surface area contributed by atoms with Gasteiger partial charge in [-0.1, -0.05) is 23.2 Å². The quantitative estimate of drug-likeness (QED) is 0.379. The van der Waals surface area contributed by atoms with Gasteiger partial charge in [-0.3, -0.25) is 9.36 Å². The number of benzene rings is 1. The third-order valence-corrected chi connectivity index (χ3v) is 7.36. The molecule has 192 valence electrons.